The fourth-order valence-corrected chi connectivity index (χ4v) is 5.89. The quantitative estimate of drug-likeness (QED) is 0.249. The molecule has 0 saturated heterocycles. The van der Waals surface area contributed by atoms with Crippen LogP contribution >= 0.6 is 0 Å². The minimum atomic E-state index is -5.06. The molecule has 252 valence electrons. The molecule has 0 unspecified atom stereocenters. The SMILES string of the molecule is CCN(C[C@H]1CC[C@H](CO)CC1)c1cc2c(cc1CN(Cc1cc(C(F)(F)F)cc(C(F)(F)F)c1)c1nnn(C)n1)OC(F)(F)O2. The Morgan fingerprint density at radius 1 is 0.870 bits per heavy atom. The molecule has 2 heterocycles. The number of benzene rings is 2. The molecule has 1 aliphatic heterocycles. The standard InChI is InChI=1S/C29H32F8N6O3/c1-3-42(13-17-4-6-18(16-44)7-5-17)23-12-25-24(45-29(36,37)46-25)10-20(23)15-43(26-38-40-41(2)39-26)14-19-8-21(27(30,31)32)11-22(9-19)28(33,34)35/h8-12,17-18,44H,3-7,13-16H2,1-2H3/t17-,18-. The molecule has 0 spiro atoms. The summed E-state index contributed by atoms with van der Waals surface area (Å²) in [6, 6.07) is 3.97. The van der Waals surface area contributed by atoms with Crippen molar-refractivity contribution in [1.29, 1.82) is 0 Å². The highest BCUT2D eigenvalue weighted by Crippen LogP contribution is 2.46. The van der Waals surface area contributed by atoms with Crippen molar-refractivity contribution in [2.45, 2.75) is 64.3 Å². The Labute approximate surface area is 258 Å². The number of tetrazole rings is 1. The number of anilines is 2. The Kier molecular flexibility index (Phi) is 9.26. The molecule has 1 fully saturated rings. The van der Waals surface area contributed by atoms with Gasteiger partial charge in [-0.2, -0.15) is 31.1 Å². The largest absolute Gasteiger partial charge is 0.586 e. The normalized spacial score (nSPS) is 19.4. The van der Waals surface area contributed by atoms with Gasteiger partial charge < -0.3 is 24.4 Å². The van der Waals surface area contributed by atoms with E-state index < -0.39 is 36.3 Å². The number of alkyl halides is 8. The Morgan fingerprint density at radius 3 is 1.98 bits per heavy atom. The van der Waals surface area contributed by atoms with Crippen molar-refractivity contribution in [2.75, 3.05) is 29.5 Å². The number of rotatable bonds is 10. The maximum Gasteiger partial charge on any atom is 0.586 e. The van der Waals surface area contributed by atoms with E-state index >= 15 is 0 Å². The zero-order valence-electron chi connectivity index (χ0n) is 24.9. The summed E-state index contributed by atoms with van der Waals surface area (Å²) < 4.78 is 119. The van der Waals surface area contributed by atoms with E-state index in [0.29, 0.717) is 36.5 Å². The molecule has 17 heteroatoms. The Morgan fingerprint density at radius 2 is 1.46 bits per heavy atom. The first-order valence-electron chi connectivity index (χ1n) is 14.6. The molecular formula is C29H32F8N6O3. The number of hydrogen-bond acceptors (Lipinski definition) is 8. The molecule has 0 atom stereocenters. The molecule has 0 bridgehead atoms. The third kappa shape index (κ3) is 7.73. The number of aromatic nitrogens is 4. The Bertz CT molecular complexity index is 1490. The zero-order chi connectivity index (χ0) is 33.4. The number of ether oxygens (including phenoxy) is 2. The van der Waals surface area contributed by atoms with Crippen LogP contribution in [0.25, 0.3) is 0 Å². The van der Waals surface area contributed by atoms with Gasteiger partial charge in [-0.05, 0) is 85.0 Å². The van der Waals surface area contributed by atoms with Crippen LogP contribution in [-0.2, 0) is 32.5 Å². The van der Waals surface area contributed by atoms with Gasteiger partial charge in [0, 0.05) is 44.5 Å². The zero-order valence-corrected chi connectivity index (χ0v) is 24.9. The maximum atomic E-state index is 14.1. The predicted molar refractivity (Wildman–Crippen MR) is 148 cm³/mol. The van der Waals surface area contributed by atoms with Gasteiger partial charge in [-0.25, -0.2) is 0 Å². The number of aryl methyl sites for hydroxylation is 1. The van der Waals surface area contributed by atoms with E-state index in [0.717, 1.165) is 30.5 Å². The summed E-state index contributed by atoms with van der Waals surface area (Å²) in [5.74, 6) is -0.174. The smallest absolute Gasteiger partial charge is 0.396 e. The second-order valence-electron chi connectivity index (χ2n) is 11.6. The molecule has 9 nitrogen and oxygen atoms in total. The molecule has 0 radical (unpaired) electrons. The fourth-order valence-electron chi connectivity index (χ4n) is 5.89. The van der Waals surface area contributed by atoms with Gasteiger partial charge >= 0.3 is 18.6 Å². The lowest BCUT2D eigenvalue weighted by molar-refractivity contribution is -0.286. The van der Waals surface area contributed by atoms with Gasteiger partial charge in [0.1, 0.15) is 0 Å². The molecule has 1 saturated carbocycles. The fraction of sp³-hybridized carbons (Fsp3) is 0.552. The van der Waals surface area contributed by atoms with Gasteiger partial charge in [-0.15, -0.1) is 13.9 Å². The summed E-state index contributed by atoms with van der Waals surface area (Å²) in [6.45, 7) is 2.20. The number of aliphatic hydroxyl groups excluding tert-OH is 1. The summed E-state index contributed by atoms with van der Waals surface area (Å²) >= 11 is 0. The monoisotopic (exact) mass is 664 g/mol. The number of aliphatic hydroxyl groups is 1. The number of halogens is 8. The highest BCUT2D eigenvalue weighted by molar-refractivity contribution is 5.64. The lowest BCUT2D eigenvalue weighted by Crippen LogP contribution is -2.33. The van der Waals surface area contributed by atoms with E-state index in [2.05, 4.69) is 20.1 Å². The third-order valence-electron chi connectivity index (χ3n) is 8.19. The number of nitrogens with zero attached hydrogens (tertiary/aromatic N) is 6. The van der Waals surface area contributed by atoms with E-state index in [-0.39, 0.29) is 54.1 Å². The van der Waals surface area contributed by atoms with Gasteiger partial charge in [0.05, 0.1) is 18.2 Å². The van der Waals surface area contributed by atoms with Crippen molar-refractivity contribution in [2.24, 2.45) is 18.9 Å². The molecule has 0 amide bonds. The first-order valence-corrected chi connectivity index (χ1v) is 14.6. The van der Waals surface area contributed by atoms with Crippen LogP contribution in [0, 0.1) is 11.8 Å². The number of fused-ring (bicyclic) bond motifs is 1. The van der Waals surface area contributed by atoms with Crippen LogP contribution in [0.15, 0.2) is 30.3 Å². The van der Waals surface area contributed by atoms with Crippen LogP contribution in [0.3, 0.4) is 0 Å². The van der Waals surface area contributed by atoms with E-state index in [1.54, 1.807) is 0 Å². The molecule has 1 N–H and O–H groups in total. The average molecular weight is 665 g/mol. The second kappa shape index (κ2) is 12.7. The molecule has 46 heavy (non-hydrogen) atoms. The minimum Gasteiger partial charge on any atom is -0.396 e. The van der Waals surface area contributed by atoms with Crippen LogP contribution in [0.1, 0.15) is 54.9 Å². The molecule has 2 aromatic carbocycles. The highest BCUT2D eigenvalue weighted by atomic mass is 19.4. The summed E-state index contributed by atoms with van der Waals surface area (Å²) in [5, 5.41) is 21.3. The third-order valence-corrected chi connectivity index (χ3v) is 8.19. The average Bonchev–Trinajstić information content (AvgIpc) is 3.55. The topological polar surface area (TPSA) is 88.8 Å². The van der Waals surface area contributed by atoms with Crippen molar-refractivity contribution in [3.8, 4) is 11.5 Å². The summed E-state index contributed by atoms with van der Waals surface area (Å²) in [6.07, 6.45) is -10.7. The summed E-state index contributed by atoms with van der Waals surface area (Å²) in [5.41, 5.74) is -2.48. The molecular weight excluding hydrogens is 632 g/mol. The van der Waals surface area contributed by atoms with Crippen LogP contribution in [-0.4, -0.2) is 51.3 Å². The number of hydrogen-bond donors (Lipinski definition) is 1. The van der Waals surface area contributed by atoms with Gasteiger partial charge in [-0.3, -0.25) is 0 Å². The summed E-state index contributed by atoms with van der Waals surface area (Å²) in [7, 11) is 1.43. The van der Waals surface area contributed by atoms with Crippen molar-refractivity contribution in [1.82, 2.24) is 20.2 Å². The van der Waals surface area contributed by atoms with E-state index in [4.69, 9.17) is 4.74 Å². The molecule has 1 aromatic heterocycles. The van der Waals surface area contributed by atoms with Crippen molar-refractivity contribution >= 4 is 11.6 Å². The first-order chi connectivity index (χ1) is 21.5. The molecule has 3 aromatic rings. The van der Waals surface area contributed by atoms with E-state index in [1.165, 1.54) is 24.1 Å². The molecule has 2 aliphatic rings. The summed E-state index contributed by atoms with van der Waals surface area (Å²) in [4.78, 5) is 4.33. The van der Waals surface area contributed by atoms with Gasteiger partial charge in [-0.1, -0.05) is 5.10 Å². The van der Waals surface area contributed by atoms with Crippen LogP contribution in [0.4, 0.5) is 46.8 Å². The Balaban J connectivity index is 1.53. The van der Waals surface area contributed by atoms with Crippen LogP contribution in [0.2, 0.25) is 0 Å². The minimum absolute atomic E-state index is 0.0394. The molecule has 1 aliphatic carbocycles. The lowest BCUT2D eigenvalue weighted by atomic mass is 9.82. The van der Waals surface area contributed by atoms with Crippen molar-refractivity contribution < 1.29 is 49.7 Å². The maximum absolute atomic E-state index is 14.1. The van der Waals surface area contributed by atoms with E-state index in [1.807, 2.05) is 11.8 Å². The van der Waals surface area contributed by atoms with Gasteiger partial charge in [0.25, 0.3) is 5.95 Å². The van der Waals surface area contributed by atoms with Crippen LogP contribution in [0.5, 0.6) is 11.5 Å². The van der Waals surface area contributed by atoms with Crippen molar-refractivity contribution in [3.05, 3.63) is 52.6 Å². The van der Waals surface area contributed by atoms with Crippen molar-refractivity contribution in [3.63, 3.8) is 0 Å². The van der Waals surface area contributed by atoms with Crippen LogP contribution < -0.4 is 19.3 Å². The lowest BCUT2D eigenvalue weighted by Gasteiger charge is -2.34. The molecule has 5 rings (SSSR count). The van der Waals surface area contributed by atoms with Gasteiger partial charge in [0.2, 0.25) is 0 Å². The highest BCUT2D eigenvalue weighted by Gasteiger charge is 2.44. The van der Waals surface area contributed by atoms with E-state index in [9.17, 15) is 40.2 Å². The first kappa shape index (κ1) is 33.5. The Hall–Kier alpha value is -3.89. The predicted octanol–water partition coefficient (Wildman–Crippen LogP) is 6.40. The second-order valence-corrected chi connectivity index (χ2v) is 11.6. The van der Waals surface area contributed by atoms with Gasteiger partial charge in [0.15, 0.2) is 11.5 Å².